The molecule has 26 heavy (non-hydrogen) atoms. The zero-order valence-electron chi connectivity index (χ0n) is 14.2. The van der Waals surface area contributed by atoms with Crippen molar-refractivity contribution < 1.29 is 9.47 Å². The summed E-state index contributed by atoms with van der Waals surface area (Å²) < 4.78 is 13.0. The van der Waals surface area contributed by atoms with E-state index in [4.69, 9.17) is 21.1 Å². The van der Waals surface area contributed by atoms with Crippen LogP contribution in [0.1, 0.15) is 5.82 Å². The number of methoxy groups -OCH3 is 1. The van der Waals surface area contributed by atoms with Gasteiger partial charge < -0.3 is 9.47 Å². The molecule has 0 unspecified atom stereocenters. The fourth-order valence-corrected chi connectivity index (χ4v) is 3.28. The van der Waals surface area contributed by atoms with Crippen molar-refractivity contribution in [3.63, 3.8) is 0 Å². The molecule has 0 spiro atoms. The van der Waals surface area contributed by atoms with Crippen LogP contribution < -0.4 is 9.47 Å². The number of nitrogens with zero attached hydrogens (tertiary/aromatic N) is 3. The summed E-state index contributed by atoms with van der Waals surface area (Å²) in [5, 5.41) is 9.40. The van der Waals surface area contributed by atoms with Crippen molar-refractivity contribution in [2.24, 2.45) is 0 Å². The molecule has 3 rings (SSSR count). The molecule has 5 nitrogen and oxygen atoms in total. The second-order valence-corrected chi connectivity index (χ2v) is 6.45. The Morgan fingerprint density at radius 1 is 1.04 bits per heavy atom. The lowest BCUT2D eigenvalue weighted by Crippen LogP contribution is -2.06. The van der Waals surface area contributed by atoms with Gasteiger partial charge in [0.25, 0.3) is 0 Å². The molecule has 0 saturated heterocycles. The number of thioether (sulfide) groups is 1. The van der Waals surface area contributed by atoms with Gasteiger partial charge in [-0.15, -0.1) is 10.2 Å². The van der Waals surface area contributed by atoms with Crippen molar-refractivity contribution >= 4 is 23.4 Å². The number of halogens is 1. The van der Waals surface area contributed by atoms with Crippen LogP contribution in [0.2, 0.25) is 0 Å². The zero-order chi connectivity index (χ0) is 18.2. The van der Waals surface area contributed by atoms with Crippen molar-refractivity contribution in [2.75, 3.05) is 12.9 Å². The highest BCUT2D eigenvalue weighted by Gasteiger charge is 2.14. The average Bonchev–Trinajstić information content (AvgIpc) is 3.10. The average molecular weight is 388 g/mol. The quantitative estimate of drug-likeness (QED) is 0.524. The van der Waals surface area contributed by atoms with Gasteiger partial charge in [-0.1, -0.05) is 47.6 Å². The minimum absolute atomic E-state index is 0.306. The van der Waals surface area contributed by atoms with Crippen LogP contribution >= 0.6 is 23.4 Å². The molecule has 7 heteroatoms. The number of rotatable bonds is 8. The lowest BCUT2D eigenvalue weighted by atomic mass is 10.3. The predicted molar refractivity (Wildman–Crippen MR) is 104 cm³/mol. The van der Waals surface area contributed by atoms with Crippen molar-refractivity contribution in [1.82, 2.24) is 14.8 Å². The van der Waals surface area contributed by atoms with E-state index in [-0.39, 0.29) is 0 Å². The smallest absolute Gasteiger partial charge is 0.196 e. The van der Waals surface area contributed by atoms with Gasteiger partial charge in [-0.2, -0.15) is 0 Å². The van der Waals surface area contributed by atoms with Gasteiger partial charge in [-0.05, 0) is 36.4 Å². The highest BCUT2D eigenvalue weighted by Crippen LogP contribution is 2.24. The Kier molecular flexibility index (Phi) is 6.57. The van der Waals surface area contributed by atoms with E-state index in [1.165, 1.54) is 5.54 Å². The zero-order valence-corrected chi connectivity index (χ0v) is 15.8. The minimum Gasteiger partial charge on any atom is -0.497 e. The molecule has 2 aromatic carbocycles. The number of hydrogen-bond acceptors (Lipinski definition) is 5. The van der Waals surface area contributed by atoms with Crippen LogP contribution in [-0.2, 0) is 6.61 Å². The molecule has 0 atom stereocenters. The van der Waals surface area contributed by atoms with E-state index in [1.54, 1.807) is 18.9 Å². The number of para-hydroxylation sites is 1. The van der Waals surface area contributed by atoms with E-state index >= 15 is 0 Å². The van der Waals surface area contributed by atoms with Crippen LogP contribution in [0.5, 0.6) is 11.5 Å². The first kappa shape index (κ1) is 18.4. The van der Waals surface area contributed by atoms with Gasteiger partial charge in [0.05, 0.1) is 7.11 Å². The molecule has 0 saturated carbocycles. The first-order valence-corrected chi connectivity index (χ1v) is 9.38. The predicted octanol–water partition coefficient (Wildman–Crippen LogP) is 4.70. The fraction of sp³-hybridized carbons (Fsp3) is 0.158. The van der Waals surface area contributed by atoms with Crippen LogP contribution in [0.15, 0.2) is 71.4 Å². The monoisotopic (exact) mass is 387 g/mol. The molecule has 1 aromatic heterocycles. The Morgan fingerprint density at radius 3 is 2.46 bits per heavy atom. The van der Waals surface area contributed by atoms with Gasteiger partial charge in [0, 0.05) is 17.0 Å². The Labute approximate surface area is 161 Å². The van der Waals surface area contributed by atoms with Gasteiger partial charge in [0.15, 0.2) is 11.0 Å². The summed E-state index contributed by atoms with van der Waals surface area (Å²) in [4.78, 5) is 0. The van der Waals surface area contributed by atoms with Crippen molar-refractivity contribution in [3.05, 3.63) is 72.0 Å². The maximum Gasteiger partial charge on any atom is 0.196 e. The van der Waals surface area contributed by atoms with Gasteiger partial charge >= 0.3 is 0 Å². The molecule has 3 aromatic rings. The molecule has 0 amide bonds. The molecule has 0 N–H and O–H groups in total. The molecule has 1 heterocycles. The molecule has 0 aliphatic carbocycles. The minimum atomic E-state index is 0.306. The Balaban J connectivity index is 1.81. The van der Waals surface area contributed by atoms with Crippen LogP contribution in [0, 0.1) is 0 Å². The van der Waals surface area contributed by atoms with Crippen molar-refractivity contribution in [2.45, 2.75) is 11.8 Å². The van der Waals surface area contributed by atoms with Crippen LogP contribution in [0.25, 0.3) is 5.69 Å². The highest BCUT2D eigenvalue weighted by molar-refractivity contribution is 7.99. The number of aromatic nitrogens is 3. The van der Waals surface area contributed by atoms with Gasteiger partial charge in [0.2, 0.25) is 0 Å². The van der Waals surface area contributed by atoms with E-state index in [2.05, 4.69) is 10.2 Å². The lowest BCUT2D eigenvalue weighted by Gasteiger charge is -2.11. The molecule has 134 valence electrons. The highest BCUT2D eigenvalue weighted by atomic mass is 35.5. The Bertz CT molecular complexity index is 851. The maximum atomic E-state index is 5.87. The first-order valence-electron chi connectivity index (χ1n) is 7.96. The lowest BCUT2D eigenvalue weighted by molar-refractivity contribution is 0.292. The van der Waals surface area contributed by atoms with E-state index in [1.807, 2.05) is 65.2 Å². The van der Waals surface area contributed by atoms with Crippen molar-refractivity contribution in [3.8, 4) is 17.2 Å². The third-order valence-electron chi connectivity index (χ3n) is 3.54. The fourth-order valence-electron chi connectivity index (χ4n) is 2.30. The normalized spacial score (nSPS) is 11.0. The summed E-state index contributed by atoms with van der Waals surface area (Å²) in [5.41, 5.74) is 2.49. The maximum absolute atomic E-state index is 5.87. The summed E-state index contributed by atoms with van der Waals surface area (Å²) in [6, 6.07) is 17.4. The van der Waals surface area contributed by atoms with E-state index in [9.17, 15) is 0 Å². The molecule has 0 fully saturated rings. The van der Waals surface area contributed by atoms with Crippen molar-refractivity contribution in [1.29, 1.82) is 0 Å². The van der Waals surface area contributed by atoms with Crippen LogP contribution in [-0.4, -0.2) is 27.6 Å². The van der Waals surface area contributed by atoms with Crippen LogP contribution in [0.3, 0.4) is 0 Å². The van der Waals surface area contributed by atoms with Gasteiger partial charge in [-0.3, -0.25) is 4.57 Å². The molecular weight excluding hydrogens is 370 g/mol. The Hall–Kier alpha value is -2.44. The molecule has 0 aliphatic heterocycles. The number of ether oxygens (including phenoxy) is 2. The molecule has 0 aliphatic rings. The van der Waals surface area contributed by atoms with E-state index in [0.29, 0.717) is 12.4 Å². The Morgan fingerprint density at radius 2 is 1.77 bits per heavy atom. The van der Waals surface area contributed by atoms with Gasteiger partial charge in [-0.25, -0.2) is 0 Å². The molecule has 0 radical (unpaired) electrons. The summed E-state index contributed by atoms with van der Waals surface area (Å²) in [7, 11) is 1.64. The van der Waals surface area contributed by atoms with E-state index < -0.39 is 0 Å². The van der Waals surface area contributed by atoms with Gasteiger partial charge in [0.1, 0.15) is 18.1 Å². The van der Waals surface area contributed by atoms with E-state index in [0.717, 1.165) is 28.2 Å². The molecule has 0 bridgehead atoms. The molecular formula is C19H18ClN3O2S. The third-order valence-corrected chi connectivity index (χ3v) is 4.60. The number of hydrogen-bond donors (Lipinski definition) is 0. The largest absolute Gasteiger partial charge is 0.497 e. The standard InChI is InChI=1S/C19H18ClN3O2S/c1-24-16-8-10-17(11-9-16)25-14-18-21-22-19(26-13-5-12-20)23(18)15-6-3-2-4-7-15/h2-12H,13-14H2,1H3/b12-5+. The van der Waals surface area contributed by atoms with Crippen LogP contribution in [0.4, 0.5) is 0 Å². The SMILES string of the molecule is COc1ccc(OCc2nnc(SC/C=C/Cl)n2-c2ccccc2)cc1. The topological polar surface area (TPSA) is 49.2 Å². The third kappa shape index (κ3) is 4.59. The summed E-state index contributed by atoms with van der Waals surface area (Å²) in [6.45, 7) is 0.306. The summed E-state index contributed by atoms with van der Waals surface area (Å²) in [5.74, 6) is 2.97. The summed E-state index contributed by atoms with van der Waals surface area (Å²) >= 11 is 7.16. The first-order chi connectivity index (χ1) is 12.8. The number of benzene rings is 2. The summed E-state index contributed by atoms with van der Waals surface area (Å²) in [6.07, 6.45) is 1.86. The second-order valence-electron chi connectivity index (χ2n) is 5.21. The second kappa shape index (κ2) is 9.31.